The van der Waals surface area contributed by atoms with Gasteiger partial charge in [-0.05, 0) is 43.0 Å². The number of benzene rings is 2. The lowest BCUT2D eigenvalue weighted by atomic mass is 10.1. The number of thioether (sulfide) groups is 1. The Hall–Kier alpha value is -2.79. The molecule has 0 amide bonds. The van der Waals surface area contributed by atoms with Gasteiger partial charge in [0.25, 0.3) is 5.56 Å². The molecule has 4 nitrogen and oxygen atoms in total. The van der Waals surface area contributed by atoms with E-state index >= 15 is 0 Å². The summed E-state index contributed by atoms with van der Waals surface area (Å²) in [5.41, 5.74) is 3.04. The Balaban J connectivity index is 1.27. The summed E-state index contributed by atoms with van der Waals surface area (Å²) in [6.07, 6.45) is 8.65. The van der Waals surface area contributed by atoms with E-state index in [1.807, 2.05) is 37.3 Å². The van der Waals surface area contributed by atoms with Gasteiger partial charge in [0.2, 0.25) is 0 Å². The molecule has 2 aromatic carbocycles. The van der Waals surface area contributed by atoms with Crippen LogP contribution in [0.4, 0.5) is 0 Å². The molecule has 0 aliphatic carbocycles. The molecular weight excluding hydrogens is 392 g/mol. The lowest BCUT2D eigenvalue weighted by Crippen LogP contribution is -2.08. The smallest absolute Gasteiger partial charge is 0.251 e. The highest BCUT2D eigenvalue weighted by atomic mass is 32.2. The molecule has 0 aliphatic heterocycles. The van der Waals surface area contributed by atoms with Gasteiger partial charge in [-0.15, -0.1) is 0 Å². The van der Waals surface area contributed by atoms with Crippen LogP contribution >= 0.6 is 11.8 Å². The SMILES string of the molecule is Cc1cc(=O)[nH]c(SCCCCCCOc2ccc(/C=C/c3ccccc3)cc2)n1. The average molecular weight is 421 g/mol. The van der Waals surface area contributed by atoms with Gasteiger partial charge in [0.15, 0.2) is 5.16 Å². The summed E-state index contributed by atoms with van der Waals surface area (Å²) < 4.78 is 5.85. The van der Waals surface area contributed by atoms with E-state index in [4.69, 9.17) is 4.74 Å². The fourth-order valence-corrected chi connectivity index (χ4v) is 3.89. The molecule has 0 atom stereocenters. The molecule has 0 saturated heterocycles. The Morgan fingerprint density at radius 3 is 2.37 bits per heavy atom. The van der Waals surface area contributed by atoms with Crippen LogP contribution < -0.4 is 10.3 Å². The standard InChI is InChI=1S/C25H28N2O2S/c1-20-19-24(28)27-25(26-20)30-18-8-3-2-7-17-29-23-15-13-22(14-16-23)12-11-21-9-5-4-6-10-21/h4-6,9-16,19H,2-3,7-8,17-18H2,1H3,(H,26,27,28)/b12-11+. The van der Waals surface area contributed by atoms with Crippen molar-refractivity contribution in [2.24, 2.45) is 0 Å². The first-order chi connectivity index (χ1) is 14.7. The lowest BCUT2D eigenvalue weighted by molar-refractivity contribution is 0.305. The van der Waals surface area contributed by atoms with Gasteiger partial charge < -0.3 is 9.72 Å². The maximum Gasteiger partial charge on any atom is 0.251 e. The summed E-state index contributed by atoms with van der Waals surface area (Å²) in [5, 5.41) is 0.713. The van der Waals surface area contributed by atoms with E-state index in [1.54, 1.807) is 11.8 Å². The first kappa shape index (κ1) is 21.9. The van der Waals surface area contributed by atoms with E-state index in [2.05, 4.69) is 46.4 Å². The van der Waals surface area contributed by atoms with Gasteiger partial charge in [0, 0.05) is 17.5 Å². The van der Waals surface area contributed by atoms with Gasteiger partial charge in [-0.1, -0.05) is 79.2 Å². The highest BCUT2D eigenvalue weighted by molar-refractivity contribution is 7.99. The van der Waals surface area contributed by atoms with Gasteiger partial charge in [-0.3, -0.25) is 4.79 Å². The summed E-state index contributed by atoms with van der Waals surface area (Å²) in [4.78, 5) is 18.5. The number of hydrogen-bond acceptors (Lipinski definition) is 4. The van der Waals surface area contributed by atoms with Crippen molar-refractivity contribution in [1.29, 1.82) is 0 Å². The number of nitrogens with zero attached hydrogens (tertiary/aromatic N) is 1. The Morgan fingerprint density at radius 1 is 0.933 bits per heavy atom. The zero-order valence-electron chi connectivity index (χ0n) is 17.3. The summed E-state index contributed by atoms with van der Waals surface area (Å²) in [5.74, 6) is 1.88. The summed E-state index contributed by atoms with van der Waals surface area (Å²) >= 11 is 1.61. The topological polar surface area (TPSA) is 55.0 Å². The normalized spacial score (nSPS) is 11.1. The molecule has 3 aromatic rings. The van der Waals surface area contributed by atoms with Crippen molar-refractivity contribution in [1.82, 2.24) is 9.97 Å². The zero-order valence-corrected chi connectivity index (χ0v) is 18.2. The van der Waals surface area contributed by atoms with Gasteiger partial charge in [0.05, 0.1) is 6.61 Å². The van der Waals surface area contributed by atoms with Gasteiger partial charge in [-0.25, -0.2) is 4.98 Å². The fourth-order valence-electron chi connectivity index (χ4n) is 2.97. The molecule has 0 spiro atoms. The van der Waals surface area contributed by atoms with E-state index in [-0.39, 0.29) is 5.56 Å². The third-order valence-corrected chi connectivity index (χ3v) is 5.50. The second kappa shape index (κ2) is 12.0. The van der Waals surface area contributed by atoms with Gasteiger partial charge in [-0.2, -0.15) is 0 Å². The second-order valence-corrected chi connectivity index (χ2v) is 8.20. The van der Waals surface area contributed by atoms with E-state index in [0.29, 0.717) is 5.16 Å². The molecule has 0 radical (unpaired) electrons. The molecule has 156 valence electrons. The second-order valence-electron chi connectivity index (χ2n) is 7.12. The molecule has 0 bridgehead atoms. The van der Waals surface area contributed by atoms with Crippen LogP contribution in [0, 0.1) is 6.92 Å². The third kappa shape index (κ3) is 7.91. The minimum absolute atomic E-state index is 0.0811. The van der Waals surface area contributed by atoms with E-state index in [1.165, 1.54) is 11.6 Å². The molecule has 5 heteroatoms. The summed E-state index contributed by atoms with van der Waals surface area (Å²) in [6, 6.07) is 20.0. The highest BCUT2D eigenvalue weighted by Crippen LogP contribution is 2.17. The number of aromatic amines is 1. The number of unbranched alkanes of at least 4 members (excludes halogenated alkanes) is 3. The first-order valence-corrected chi connectivity index (χ1v) is 11.3. The Labute approximate surface area is 182 Å². The number of hydrogen-bond donors (Lipinski definition) is 1. The number of ether oxygens (including phenoxy) is 1. The molecule has 0 fully saturated rings. The van der Waals surface area contributed by atoms with Crippen molar-refractivity contribution in [3.8, 4) is 5.75 Å². The molecule has 1 heterocycles. The van der Waals surface area contributed by atoms with Crippen LogP contribution in [-0.2, 0) is 0 Å². The number of rotatable bonds is 11. The largest absolute Gasteiger partial charge is 0.494 e. The predicted octanol–water partition coefficient (Wildman–Crippen LogP) is 5.98. The number of H-pyrrole nitrogens is 1. The van der Waals surface area contributed by atoms with Crippen molar-refractivity contribution in [3.63, 3.8) is 0 Å². The zero-order chi connectivity index (χ0) is 21.0. The van der Waals surface area contributed by atoms with Gasteiger partial charge in [0.1, 0.15) is 5.75 Å². The van der Waals surface area contributed by atoms with Crippen LogP contribution in [0.2, 0.25) is 0 Å². The molecule has 0 aliphatic rings. The summed E-state index contributed by atoms with van der Waals surface area (Å²) in [7, 11) is 0. The maximum atomic E-state index is 11.4. The minimum Gasteiger partial charge on any atom is -0.494 e. The average Bonchev–Trinajstić information content (AvgIpc) is 2.75. The Kier molecular flexibility index (Phi) is 8.79. The van der Waals surface area contributed by atoms with Crippen molar-refractivity contribution in [2.75, 3.05) is 12.4 Å². The lowest BCUT2D eigenvalue weighted by Gasteiger charge is -2.06. The van der Waals surface area contributed by atoms with Crippen molar-refractivity contribution in [3.05, 3.63) is 87.8 Å². The molecule has 1 N–H and O–H groups in total. The van der Waals surface area contributed by atoms with Crippen LogP contribution in [0.3, 0.4) is 0 Å². The Morgan fingerprint density at radius 2 is 1.63 bits per heavy atom. The van der Waals surface area contributed by atoms with E-state index in [0.717, 1.165) is 55.0 Å². The Bertz CT molecular complexity index is 982. The van der Waals surface area contributed by atoms with E-state index in [9.17, 15) is 4.79 Å². The van der Waals surface area contributed by atoms with Crippen molar-refractivity contribution >= 4 is 23.9 Å². The minimum atomic E-state index is -0.0811. The monoisotopic (exact) mass is 420 g/mol. The van der Waals surface area contributed by atoms with Crippen LogP contribution in [0.5, 0.6) is 5.75 Å². The van der Waals surface area contributed by atoms with Crippen molar-refractivity contribution in [2.45, 2.75) is 37.8 Å². The number of nitrogens with one attached hydrogen (secondary N) is 1. The fraction of sp³-hybridized carbons (Fsp3) is 0.280. The summed E-state index contributed by atoms with van der Waals surface area (Å²) in [6.45, 7) is 2.58. The maximum absolute atomic E-state index is 11.4. The number of aryl methyl sites for hydroxylation is 1. The third-order valence-electron chi connectivity index (χ3n) is 4.54. The number of aromatic nitrogens is 2. The first-order valence-electron chi connectivity index (χ1n) is 10.4. The molecule has 3 rings (SSSR count). The quantitative estimate of drug-likeness (QED) is 0.179. The molecule has 0 saturated carbocycles. The van der Waals surface area contributed by atoms with E-state index < -0.39 is 0 Å². The van der Waals surface area contributed by atoms with Crippen LogP contribution in [0.1, 0.15) is 42.5 Å². The highest BCUT2D eigenvalue weighted by Gasteiger charge is 2.00. The predicted molar refractivity (Wildman–Crippen MR) is 126 cm³/mol. The van der Waals surface area contributed by atoms with Crippen LogP contribution in [0.25, 0.3) is 12.2 Å². The van der Waals surface area contributed by atoms with Crippen LogP contribution in [0.15, 0.2) is 70.6 Å². The molecule has 1 aromatic heterocycles. The van der Waals surface area contributed by atoms with Gasteiger partial charge >= 0.3 is 0 Å². The molecular formula is C25H28N2O2S. The molecule has 30 heavy (non-hydrogen) atoms. The molecule has 0 unspecified atom stereocenters. The van der Waals surface area contributed by atoms with Crippen molar-refractivity contribution < 1.29 is 4.74 Å². The van der Waals surface area contributed by atoms with Crippen LogP contribution in [-0.4, -0.2) is 22.3 Å².